The van der Waals surface area contributed by atoms with E-state index in [0.29, 0.717) is 0 Å². The van der Waals surface area contributed by atoms with Crippen LogP contribution in [-0.2, 0) is 23.3 Å². The molecule has 5 rings (SSSR count). The predicted octanol–water partition coefficient (Wildman–Crippen LogP) is 9.51. The highest BCUT2D eigenvalue weighted by molar-refractivity contribution is 6.88. The van der Waals surface area contributed by atoms with Gasteiger partial charge in [-0.05, 0) is 69.0 Å². The Hall–Kier alpha value is -3.77. The fourth-order valence-corrected chi connectivity index (χ4v) is 6.77. The molecule has 0 bridgehead atoms. The normalized spacial score (nSPS) is 13.1. The SMILES string of the molecule is Cn1c(-c2cc(C(C)(C)C)cc(C(C)(C)C)c2O)nc2c(-c3cc(-c4ccc([Si](C)(C)C)cn4)cc(C(C)(C)C)c3)nccc21. The van der Waals surface area contributed by atoms with Crippen molar-refractivity contribution >= 4 is 24.3 Å². The Morgan fingerprint density at radius 1 is 0.711 bits per heavy atom. The molecule has 3 aromatic heterocycles. The third-order valence-electron chi connectivity index (χ3n) is 8.82. The molecule has 2 aromatic carbocycles. The van der Waals surface area contributed by atoms with Crippen LogP contribution in [-0.4, -0.2) is 32.7 Å². The number of pyridine rings is 2. The van der Waals surface area contributed by atoms with Gasteiger partial charge in [0, 0.05) is 36.1 Å². The number of nitrogens with zero attached hydrogens (tertiary/aromatic N) is 4. The van der Waals surface area contributed by atoms with Crippen LogP contribution in [0, 0.1) is 0 Å². The largest absolute Gasteiger partial charge is 0.507 e. The fourth-order valence-electron chi connectivity index (χ4n) is 5.73. The summed E-state index contributed by atoms with van der Waals surface area (Å²) in [6.07, 6.45) is 3.92. The first-order valence-corrected chi connectivity index (χ1v) is 19.5. The Morgan fingerprint density at radius 2 is 1.33 bits per heavy atom. The zero-order chi connectivity index (χ0) is 33.3. The highest BCUT2D eigenvalue weighted by Crippen LogP contribution is 2.43. The minimum absolute atomic E-state index is 0.0747. The van der Waals surface area contributed by atoms with Gasteiger partial charge in [0.15, 0.2) is 0 Å². The summed E-state index contributed by atoms with van der Waals surface area (Å²) in [7, 11) is 0.567. The number of imidazole rings is 1. The number of phenols is 1. The van der Waals surface area contributed by atoms with Crippen molar-refractivity contribution in [2.24, 2.45) is 7.05 Å². The first-order chi connectivity index (χ1) is 20.7. The van der Waals surface area contributed by atoms with E-state index < -0.39 is 8.07 Å². The van der Waals surface area contributed by atoms with Crippen molar-refractivity contribution in [2.75, 3.05) is 0 Å². The lowest BCUT2D eigenvalue weighted by molar-refractivity contribution is 0.446. The lowest BCUT2D eigenvalue weighted by Gasteiger charge is -2.27. The van der Waals surface area contributed by atoms with Gasteiger partial charge in [0.2, 0.25) is 0 Å². The maximum absolute atomic E-state index is 11.7. The quantitative estimate of drug-likeness (QED) is 0.204. The molecule has 3 heterocycles. The van der Waals surface area contributed by atoms with Crippen LogP contribution in [0.5, 0.6) is 5.75 Å². The second-order valence-electron chi connectivity index (χ2n) is 16.7. The molecule has 0 aliphatic carbocycles. The monoisotopic (exact) mass is 618 g/mol. The van der Waals surface area contributed by atoms with Crippen LogP contribution in [0.3, 0.4) is 0 Å². The molecular formula is C39H50N4OSi. The number of rotatable bonds is 4. The fraction of sp³-hybridized carbons (Fsp3) is 0.410. The van der Waals surface area contributed by atoms with Gasteiger partial charge >= 0.3 is 0 Å². The van der Waals surface area contributed by atoms with Crippen LogP contribution < -0.4 is 5.19 Å². The van der Waals surface area contributed by atoms with E-state index in [9.17, 15) is 5.11 Å². The second kappa shape index (κ2) is 10.9. The minimum Gasteiger partial charge on any atom is -0.507 e. The van der Waals surface area contributed by atoms with Gasteiger partial charge in [-0.1, -0.05) is 94.1 Å². The van der Waals surface area contributed by atoms with Crippen LogP contribution >= 0.6 is 0 Å². The molecule has 0 saturated carbocycles. The Morgan fingerprint density at radius 3 is 1.89 bits per heavy atom. The standard InChI is InChI=1S/C39H50N4OSi/c1-37(2,3)26-19-24(31-15-14-28(23-41-31)45(11,12)13)18-25(20-26)33-34-32(16-17-40-33)43(10)36(42-34)29-21-27(38(4,5)6)22-30(35(29)44)39(7,8)9/h14-23,44H,1-13H3. The average Bonchev–Trinajstić information content (AvgIpc) is 3.27. The molecule has 236 valence electrons. The van der Waals surface area contributed by atoms with Gasteiger partial charge in [-0.25, -0.2) is 4.98 Å². The molecule has 0 amide bonds. The third-order valence-corrected chi connectivity index (χ3v) is 10.9. The van der Waals surface area contributed by atoms with Gasteiger partial charge in [-0.3, -0.25) is 9.97 Å². The summed E-state index contributed by atoms with van der Waals surface area (Å²) in [5, 5.41) is 13.0. The van der Waals surface area contributed by atoms with Gasteiger partial charge < -0.3 is 9.67 Å². The number of aromatic hydroxyl groups is 1. The molecule has 0 fully saturated rings. The number of aryl methyl sites for hydroxylation is 1. The van der Waals surface area contributed by atoms with E-state index in [1.54, 1.807) is 0 Å². The number of hydrogen-bond acceptors (Lipinski definition) is 4. The second-order valence-corrected chi connectivity index (χ2v) is 21.8. The summed E-state index contributed by atoms with van der Waals surface area (Å²) in [6, 6.07) is 17.4. The molecule has 5 aromatic rings. The number of phenolic OH excluding ortho intramolecular Hbond substituents is 1. The Kier molecular flexibility index (Phi) is 7.93. The van der Waals surface area contributed by atoms with Gasteiger partial charge in [-0.2, -0.15) is 0 Å². The zero-order valence-electron chi connectivity index (χ0n) is 29.5. The first-order valence-electron chi connectivity index (χ1n) is 16.0. The Balaban J connectivity index is 1.74. The van der Waals surface area contributed by atoms with Crippen LogP contribution in [0.1, 0.15) is 79.0 Å². The molecule has 0 spiro atoms. The van der Waals surface area contributed by atoms with Crippen molar-refractivity contribution < 1.29 is 5.11 Å². The summed E-state index contributed by atoms with van der Waals surface area (Å²) in [5.41, 5.74) is 9.28. The molecule has 0 aliphatic heterocycles. The summed E-state index contributed by atoms with van der Waals surface area (Å²) >= 11 is 0. The molecule has 1 N–H and O–H groups in total. The van der Waals surface area contributed by atoms with E-state index >= 15 is 0 Å². The molecule has 0 radical (unpaired) electrons. The van der Waals surface area contributed by atoms with Crippen LogP contribution in [0.4, 0.5) is 0 Å². The minimum atomic E-state index is -1.46. The molecule has 0 saturated heterocycles. The Bertz CT molecular complexity index is 1890. The average molecular weight is 619 g/mol. The van der Waals surface area contributed by atoms with E-state index in [1.165, 1.54) is 16.3 Å². The molecule has 0 aliphatic rings. The van der Waals surface area contributed by atoms with Crippen molar-refractivity contribution in [3.63, 3.8) is 0 Å². The van der Waals surface area contributed by atoms with E-state index in [2.05, 4.69) is 135 Å². The van der Waals surface area contributed by atoms with Crippen LogP contribution in [0.2, 0.25) is 19.6 Å². The molecule has 45 heavy (non-hydrogen) atoms. The first kappa shape index (κ1) is 32.6. The van der Waals surface area contributed by atoms with E-state index in [-0.39, 0.29) is 22.0 Å². The van der Waals surface area contributed by atoms with E-state index in [4.69, 9.17) is 15.0 Å². The number of aromatic nitrogens is 4. The smallest absolute Gasteiger partial charge is 0.144 e. The van der Waals surface area contributed by atoms with Gasteiger partial charge in [-0.15, -0.1) is 0 Å². The van der Waals surface area contributed by atoms with Gasteiger partial charge in [0.25, 0.3) is 0 Å². The summed E-state index contributed by atoms with van der Waals surface area (Å²) in [5.74, 6) is 1.01. The summed E-state index contributed by atoms with van der Waals surface area (Å²) < 4.78 is 2.08. The molecule has 0 atom stereocenters. The number of fused-ring (bicyclic) bond motifs is 1. The topological polar surface area (TPSA) is 63.8 Å². The van der Waals surface area contributed by atoms with E-state index in [1.807, 2.05) is 19.3 Å². The van der Waals surface area contributed by atoms with Crippen molar-refractivity contribution in [2.45, 2.75) is 98.2 Å². The highest BCUT2D eigenvalue weighted by atomic mass is 28.3. The van der Waals surface area contributed by atoms with Crippen LogP contribution in [0.25, 0.3) is 44.9 Å². The number of benzene rings is 2. The summed E-state index contributed by atoms with van der Waals surface area (Å²) in [6.45, 7) is 26.8. The third kappa shape index (κ3) is 6.35. The van der Waals surface area contributed by atoms with Gasteiger partial charge in [0.1, 0.15) is 17.1 Å². The molecule has 0 unspecified atom stereocenters. The molecule has 6 heteroatoms. The Labute approximate surface area is 270 Å². The molecular weight excluding hydrogens is 569 g/mol. The van der Waals surface area contributed by atoms with Crippen molar-refractivity contribution in [1.82, 2.24) is 19.5 Å². The summed E-state index contributed by atoms with van der Waals surface area (Å²) in [4.78, 5) is 15.1. The maximum Gasteiger partial charge on any atom is 0.144 e. The highest BCUT2D eigenvalue weighted by Gasteiger charge is 2.28. The van der Waals surface area contributed by atoms with Crippen molar-refractivity contribution in [1.29, 1.82) is 0 Å². The number of hydrogen-bond donors (Lipinski definition) is 1. The van der Waals surface area contributed by atoms with Crippen molar-refractivity contribution in [3.05, 3.63) is 77.6 Å². The zero-order valence-corrected chi connectivity index (χ0v) is 30.5. The van der Waals surface area contributed by atoms with Crippen LogP contribution in [0.15, 0.2) is 60.9 Å². The van der Waals surface area contributed by atoms with Gasteiger partial charge in [0.05, 0.1) is 30.5 Å². The van der Waals surface area contributed by atoms with E-state index in [0.717, 1.165) is 50.5 Å². The lowest BCUT2D eigenvalue weighted by atomic mass is 9.79. The molecule has 5 nitrogen and oxygen atoms in total. The van der Waals surface area contributed by atoms with Crippen molar-refractivity contribution in [3.8, 4) is 39.7 Å². The predicted molar refractivity (Wildman–Crippen MR) is 193 cm³/mol. The lowest BCUT2D eigenvalue weighted by Crippen LogP contribution is -2.37. The maximum atomic E-state index is 11.7.